The zero-order valence-corrected chi connectivity index (χ0v) is 18.6. The maximum absolute atomic E-state index is 13.0. The molecule has 1 fully saturated rings. The standard InChI is InChI=1S/C25H27N3O4/c1-17(2)32-25(30)20-6-10-22(11-7-20)28-24(29)23(18(3)26-28)16-19-4-8-21(9-5-19)27-12-14-31-15-13-27/h4-11,16-17H,12-15H2,1-3H3/b23-16+. The number of nitrogens with zero attached hydrogens (tertiary/aromatic N) is 3. The second-order valence-corrected chi connectivity index (χ2v) is 8.05. The van der Waals surface area contributed by atoms with Crippen LogP contribution in [-0.2, 0) is 14.3 Å². The fraction of sp³-hybridized carbons (Fsp3) is 0.320. The molecule has 0 N–H and O–H groups in total. The average Bonchev–Trinajstić information content (AvgIpc) is 3.08. The van der Waals surface area contributed by atoms with Crippen LogP contribution < -0.4 is 9.91 Å². The molecule has 2 aromatic carbocycles. The monoisotopic (exact) mass is 433 g/mol. The fourth-order valence-corrected chi connectivity index (χ4v) is 3.65. The number of hydrazone groups is 1. The zero-order chi connectivity index (χ0) is 22.7. The Morgan fingerprint density at radius 2 is 1.66 bits per heavy atom. The second kappa shape index (κ2) is 9.36. The predicted octanol–water partition coefficient (Wildman–Crippen LogP) is 3.89. The van der Waals surface area contributed by atoms with E-state index in [2.05, 4.69) is 22.1 Å². The summed E-state index contributed by atoms with van der Waals surface area (Å²) >= 11 is 0. The molecule has 7 nitrogen and oxygen atoms in total. The van der Waals surface area contributed by atoms with Gasteiger partial charge in [-0.25, -0.2) is 4.79 Å². The molecule has 0 atom stereocenters. The van der Waals surface area contributed by atoms with Crippen molar-refractivity contribution in [3.05, 3.63) is 65.2 Å². The van der Waals surface area contributed by atoms with Gasteiger partial charge in [0.1, 0.15) is 0 Å². The number of esters is 1. The molecule has 0 bridgehead atoms. The van der Waals surface area contributed by atoms with Crippen molar-refractivity contribution in [1.82, 2.24) is 0 Å². The number of hydrogen-bond acceptors (Lipinski definition) is 6. The quantitative estimate of drug-likeness (QED) is 0.528. The van der Waals surface area contributed by atoms with Gasteiger partial charge in [-0.2, -0.15) is 10.1 Å². The number of ether oxygens (including phenoxy) is 2. The number of benzene rings is 2. The molecule has 0 saturated carbocycles. The molecule has 32 heavy (non-hydrogen) atoms. The maximum Gasteiger partial charge on any atom is 0.338 e. The van der Waals surface area contributed by atoms with E-state index >= 15 is 0 Å². The first-order chi connectivity index (χ1) is 15.4. The fourth-order valence-electron chi connectivity index (χ4n) is 3.65. The number of morpholine rings is 1. The summed E-state index contributed by atoms with van der Waals surface area (Å²) in [4.78, 5) is 27.4. The van der Waals surface area contributed by atoms with Gasteiger partial charge >= 0.3 is 5.97 Å². The Hall–Kier alpha value is -3.45. The van der Waals surface area contributed by atoms with E-state index < -0.39 is 0 Å². The van der Waals surface area contributed by atoms with Gasteiger partial charge in [0.2, 0.25) is 0 Å². The van der Waals surface area contributed by atoms with E-state index in [-0.39, 0.29) is 18.0 Å². The van der Waals surface area contributed by atoms with Gasteiger partial charge in [0.15, 0.2) is 0 Å². The summed E-state index contributed by atoms with van der Waals surface area (Å²) in [6.07, 6.45) is 1.67. The van der Waals surface area contributed by atoms with E-state index in [9.17, 15) is 9.59 Å². The minimum atomic E-state index is -0.389. The van der Waals surface area contributed by atoms with Crippen LogP contribution in [0.25, 0.3) is 6.08 Å². The lowest BCUT2D eigenvalue weighted by molar-refractivity contribution is -0.114. The molecule has 0 unspecified atom stereocenters. The number of anilines is 2. The van der Waals surface area contributed by atoms with Crippen LogP contribution >= 0.6 is 0 Å². The first-order valence-corrected chi connectivity index (χ1v) is 10.8. The topological polar surface area (TPSA) is 71.4 Å². The highest BCUT2D eigenvalue weighted by Crippen LogP contribution is 2.26. The smallest absolute Gasteiger partial charge is 0.338 e. The molecular weight excluding hydrogens is 406 g/mol. The molecule has 4 rings (SSSR count). The van der Waals surface area contributed by atoms with Gasteiger partial charge in [-0.3, -0.25) is 4.79 Å². The van der Waals surface area contributed by atoms with E-state index in [1.54, 1.807) is 38.1 Å². The summed E-state index contributed by atoms with van der Waals surface area (Å²) in [6.45, 7) is 8.67. The van der Waals surface area contributed by atoms with Gasteiger partial charge in [-0.05, 0) is 68.8 Å². The molecular formula is C25H27N3O4. The van der Waals surface area contributed by atoms with E-state index in [1.165, 1.54) is 5.01 Å². The van der Waals surface area contributed by atoms with Gasteiger partial charge in [0.05, 0.1) is 41.9 Å². The summed E-state index contributed by atoms with van der Waals surface area (Å²) in [6, 6.07) is 14.8. The van der Waals surface area contributed by atoms with E-state index in [1.807, 2.05) is 25.1 Å². The lowest BCUT2D eigenvalue weighted by Crippen LogP contribution is -2.36. The van der Waals surface area contributed by atoms with Crippen LogP contribution in [0.4, 0.5) is 11.4 Å². The molecule has 2 aliphatic heterocycles. The first-order valence-electron chi connectivity index (χ1n) is 10.8. The molecule has 7 heteroatoms. The van der Waals surface area contributed by atoms with E-state index in [4.69, 9.17) is 9.47 Å². The number of carbonyl (C=O) groups excluding carboxylic acids is 2. The summed E-state index contributed by atoms with van der Waals surface area (Å²) in [5.74, 6) is -0.586. The zero-order valence-electron chi connectivity index (χ0n) is 18.6. The van der Waals surface area contributed by atoms with Crippen LogP contribution in [-0.4, -0.2) is 50.0 Å². The first kappa shape index (κ1) is 21.8. The van der Waals surface area contributed by atoms with Gasteiger partial charge in [-0.15, -0.1) is 0 Å². The average molecular weight is 434 g/mol. The van der Waals surface area contributed by atoms with Crippen molar-refractivity contribution >= 4 is 35.0 Å². The molecule has 1 saturated heterocycles. The van der Waals surface area contributed by atoms with Gasteiger partial charge < -0.3 is 14.4 Å². The summed E-state index contributed by atoms with van der Waals surface area (Å²) in [7, 11) is 0. The lowest BCUT2D eigenvalue weighted by atomic mass is 10.1. The van der Waals surface area contributed by atoms with Crippen molar-refractivity contribution in [3.63, 3.8) is 0 Å². The third kappa shape index (κ3) is 4.73. The van der Waals surface area contributed by atoms with Crippen molar-refractivity contribution in [2.75, 3.05) is 36.2 Å². The van der Waals surface area contributed by atoms with Gasteiger partial charge in [0.25, 0.3) is 5.91 Å². The minimum Gasteiger partial charge on any atom is -0.459 e. The van der Waals surface area contributed by atoms with Crippen molar-refractivity contribution < 1.29 is 19.1 Å². The van der Waals surface area contributed by atoms with Crippen LogP contribution in [0.5, 0.6) is 0 Å². The summed E-state index contributed by atoms with van der Waals surface area (Å²) in [5, 5.41) is 5.79. The van der Waals surface area contributed by atoms with Crippen LogP contribution in [0.1, 0.15) is 36.7 Å². The molecule has 1 amide bonds. The summed E-state index contributed by atoms with van der Waals surface area (Å²) < 4.78 is 10.6. The predicted molar refractivity (Wildman–Crippen MR) is 125 cm³/mol. The Kier molecular flexibility index (Phi) is 6.37. The molecule has 2 aromatic rings. The largest absolute Gasteiger partial charge is 0.459 e. The van der Waals surface area contributed by atoms with Crippen LogP contribution in [0.15, 0.2) is 59.2 Å². The van der Waals surface area contributed by atoms with Gasteiger partial charge in [-0.1, -0.05) is 12.1 Å². The Morgan fingerprint density at radius 3 is 2.28 bits per heavy atom. The van der Waals surface area contributed by atoms with Crippen LogP contribution in [0.2, 0.25) is 0 Å². The molecule has 0 spiro atoms. The number of amides is 1. The second-order valence-electron chi connectivity index (χ2n) is 8.05. The number of carbonyl (C=O) groups is 2. The molecule has 0 aromatic heterocycles. The van der Waals surface area contributed by atoms with E-state index in [0.717, 1.165) is 37.6 Å². The normalized spacial score (nSPS) is 17.8. The highest BCUT2D eigenvalue weighted by atomic mass is 16.5. The summed E-state index contributed by atoms with van der Waals surface area (Å²) in [5.41, 5.74) is 4.32. The maximum atomic E-state index is 13.0. The molecule has 2 heterocycles. The van der Waals surface area contributed by atoms with Crippen molar-refractivity contribution in [2.24, 2.45) is 5.10 Å². The number of rotatable bonds is 5. The molecule has 0 aliphatic carbocycles. The number of hydrogen-bond donors (Lipinski definition) is 0. The SMILES string of the molecule is CC1=NN(c2ccc(C(=O)OC(C)C)cc2)C(=O)/C1=C/c1ccc(N2CCOCC2)cc1. The Morgan fingerprint density at radius 1 is 1.03 bits per heavy atom. The molecule has 166 valence electrons. The van der Waals surface area contributed by atoms with Crippen LogP contribution in [0.3, 0.4) is 0 Å². The van der Waals surface area contributed by atoms with Crippen molar-refractivity contribution in [1.29, 1.82) is 0 Å². The minimum absolute atomic E-state index is 0.190. The highest BCUT2D eigenvalue weighted by molar-refractivity contribution is 6.32. The third-order valence-corrected chi connectivity index (χ3v) is 5.33. The molecule has 2 aliphatic rings. The lowest BCUT2D eigenvalue weighted by Gasteiger charge is -2.28. The van der Waals surface area contributed by atoms with Gasteiger partial charge in [0, 0.05) is 18.8 Å². The Bertz CT molecular complexity index is 1050. The van der Waals surface area contributed by atoms with Crippen molar-refractivity contribution in [3.8, 4) is 0 Å². The van der Waals surface area contributed by atoms with Crippen LogP contribution in [0, 0.1) is 0 Å². The van der Waals surface area contributed by atoms with Crippen molar-refractivity contribution in [2.45, 2.75) is 26.9 Å². The Balaban J connectivity index is 1.48. The molecule has 0 radical (unpaired) electrons. The highest BCUT2D eigenvalue weighted by Gasteiger charge is 2.29. The third-order valence-electron chi connectivity index (χ3n) is 5.33. The Labute approximate surface area is 187 Å². The van der Waals surface area contributed by atoms with E-state index in [0.29, 0.717) is 22.5 Å².